The topological polar surface area (TPSA) is 537 Å². The van der Waals surface area contributed by atoms with E-state index in [9.17, 15) is 77.3 Å². The number of benzene rings is 1. The van der Waals surface area contributed by atoms with Gasteiger partial charge >= 0.3 is 11.9 Å². The number of rotatable bonds is 23. The van der Waals surface area contributed by atoms with E-state index in [2.05, 4.69) is 52.8 Å². The number of nitrogens with two attached hydrogens (primary N) is 5. The largest absolute Gasteiger partial charge is 0.481 e. The molecule has 0 spiro atoms. The van der Waals surface area contributed by atoms with Crippen molar-refractivity contribution < 1.29 is 77.3 Å². The molecule has 1 aromatic carbocycles. The van der Waals surface area contributed by atoms with E-state index in [-0.39, 0.29) is 101 Å². The summed E-state index contributed by atoms with van der Waals surface area (Å²) in [5, 5.41) is 44.0. The van der Waals surface area contributed by atoms with E-state index in [1.165, 1.54) is 0 Å². The molecule has 12 amide bonds. The number of para-hydroxylation sites is 1. The molecule has 0 radical (unpaired) electrons. The number of nitrogens with zero attached hydrogens (tertiary/aromatic N) is 1. The number of hydrogen-bond acceptors (Lipinski definition) is 19. The second-order valence-corrected chi connectivity index (χ2v) is 26.5. The highest BCUT2D eigenvalue weighted by Gasteiger charge is 2.42. The molecule has 2 aliphatic heterocycles. The number of nitrogens with one attached hydrogen (secondary N) is 10. The summed E-state index contributed by atoms with van der Waals surface area (Å²) in [5.74, 6) is -15.7. The third-order valence-corrected chi connectivity index (χ3v) is 18.4. The molecule has 12 atom stereocenters. The minimum atomic E-state index is -1.85. The van der Waals surface area contributed by atoms with Crippen molar-refractivity contribution in [2.75, 3.05) is 31.1 Å². The summed E-state index contributed by atoms with van der Waals surface area (Å²) in [4.78, 5) is 198. The minimum Gasteiger partial charge on any atom is -0.481 e. The van der Waals surface area contributed by atoms with Gasteiger partial charge in [-0.1, -0.05) is 73.9 Å². The third-order valence-electron chi connectivity index (χ3n) is 16.0. The first-order valence-electron chi connectivity index (χ1n) is 31.6. The van der Waals surface area contributed by atoms with Crippen molar-refractivity contribution in [3.8, 4) is 0 Å². The number of carboxylic acids is 2. The van der Waals surface area contributed by atoms with Gasteiger partial charge in [0.1, 0.15) is 60.4 Å². The summed E-state index contributed by atoms with van der Waals surface area (Å²) in [6.07, 6.45) is 0.309. The maximum atomic E-state index is 14.9. The molecule has 4 rings (SSSR count). The quantitative estimate of drug-likeness (QED) is 0.0395. The van der Waals surface area contributed by atoms with Crippen molar-refractivity contribution in [1.82, 2.24) is 57.7 Å². The van der Waals surface area contributed by atoms with Crippen LogP contribution in [-0.4, -0.2) is 201 Å². The Hall–Kier alpha value is -8.08. The maximum absolute atomic E-state index is 14.9. The van der Waals surface area contributed by atoms with E-state index in [0.29, 0.717) is 29.3 Å². The number of aromatic amines is 1. The molecular weight excluding hydrogens is 1260 g/mol. The fourth-order valence-corrected chi connectivity index (χ4v) is 12.8. The van der Waals surface area contributed by atoms with Gasteiger partial charge in [0.05, 0.1) is 12.5 Å². The van der Waals surface area contributed by atoms with Crippen LogP contribution in [-0.2, 0) is 73.5 Å². The highest BCUT2D eigenvalue weighted by Crippen LogP contribution is 2.25. The number of carbonyl (C=O) groups is 14. The summed E-state index contributed by atoms with van der Waals surface area (Å²) in [6, 6.07) is -9.47. The second kappa shape index (κ2) is 39.6. The van der Waals surface area contributed by atoms with Gasteiger partial charge in [-0.05, 0) is 107 Å². The van der Waals surface area contributed by atoms with Gasteiger partial charge in [0.15, 0.2) is 0 Å². The molecule has 0 bridgehead atoms. The Morgan fingerprint density at radius 3 is 1.67 bits per heavy atom. The van der Waals surface area contributed by atoms with Crippen LogP contribution < -0.4 is 76.5 Å². The number of carbonyl (C=O) groups excluding carboxylic acids is 12. The molecule has 522 valence electrons. The fraction of sp³-hybridized carbons (Fsp3) is 0.633. The van der Waals surface area contributed by atoms with Crippen LogP contribution in [0.5, 0.6) is 0 Å². The Kier molecular flexibility index (Phi) is 33.0. The first-order chi connectivity index (χ1) is 44.6. The molecule has 94 heavy (non-hydrogen) atoms. The Bertz CT molecular complexity index is 2990. The molecule has 0 saturated carbocycles. The molecule has 3 heterocycles. The summed E-state index contributed by atoms with van der Waals surface area (Å²) in [5.41, 5.74) is 30.2. The summed E-state index contributed by atoms with van der Waals surface area (Å²) in [7, 11) is 1.82. The van der Waals surface area contributed by atoms with Crippen molar-refractivity contribution in [1.29, 1.82) is 0 Å². The molecular formula is C60H94N16O16S2. The lowest BCUT2D eigenvalue weighted by Crippen LogP contribution is -2.61. The van der Waals surface area contributed by atoms with Gasteiger partial charge in [-0.3, -0.25) is 62.3 Å². The van der Waals surface area contributed by atoms with Crippen molar-refractivity contribution in [3.63, 3.8) is 0 Å². The molecule has 2 aliphatic rings. The normalized spacial score (nSPS) is 25.5. The van der Waals surface area contributed by atoms with Crippen molar-refractivity contribution >= 4 is 115 Å². The Morgan fingerprint density at radius 2 is 1.10 bits per heavy atom. The molecule has 0 aliphatic carbocycles. The Labute approximate surface area is 552 Å². The SMILES string of the molecule is CC[C@@H](C)[C@H]1NC(=O)C(CCC(N)=O)NC(=O)[C@H](N)CSSCC(C(=O)O)NC(=O)[C@@H](CC(C)C)NC(=O)[C@@H](CC(=O)O)NC(=O)[C@H]2CCCN2C(=O)[C@@H](CCCCN)NC(=O)C(CCC(N)=O)NC(=O)[C@@H](CCCCN)NC(=O)C(Cc2c[nH]c3ccccc23)NC1=O. The number of carboxylic acid groups (broad SMARTS) is 2. The van der Waals surface area contributed by atoms with E-state index in [1.807, 2.05) is 0 Å². The van der Waals surface area contributed by atoms with Crippen LogP contribution in [0.15, 0.2) is 30.5 Å². The molecule has 4 unspecified atom stereocenters. The van der Waals surface area contributed by atoms with Gasteiger partial charge in [-0.2, -0.15) is 0 Å². The van der Waals surface area contributed by atoms with Crippen LogP contribution in [0, 0.1) is 11.8 Å². The predicted molar refractivity (Wildman–Crippen MR) is 348 cm³/mol. The summed E-state index contributed by atoms with van der Waals surface area (Å²) in [6.45, 7) is 7.07. The average Bonchev–Trinajstić information content (AvgIpc) is 1.64. The smallest absolute Gasteiger partial charge is 0.327 e. The summed E-state index contributed by atoms with van der Waals surface area (Å²) < 4.78 is 0. The van der Waals surface area contributed by atoms with E-state index in [0.717, 1.165) is 26.5 Å². The van der Waals surface area contributed by atoms with E-state index in [4.69, 9.17) is 28.7 Å². The first kappa shape index (κ1) is 78.4. The first-order valence-corrected chi connectivity index (χ1v) is 34.1. The molecule has 32 nitrogen and oxygen atoms in total. The minimum absolute atomic E-state index is 0.0155. The molecule has 22 N–H and O–H groups in total. The number of fused-ring (bicyclic) bond motifs is 2. The highest BCUT2D eigenvalue weighted by molar-refractivity contribution is 8.76. The van der Waals surface area contributed by atoms with Crippen LogP contribution in [0.4, 0.5) is 0 Å². The van der Waals surface area contributed by atoms with Crippen molar-refractivity contribution in [2.45, 2.75) is 197 Å². The van der Waals surface area contributed by atoms with Crippen molar-refractivity contribution in [3.05, 3.63) is 36.0 Å². The van der Waals surface area contributed by atoms with E-state index >= 15 is 0 Å². The molecule has 2 saturated heterocycles. The van der Waals surface area contributed by atoms with Gasteiger partial charge in [-0.25, -0.2) is 4.79 Å². The Morgan fingerprint density at radius 1 is 0.596 bits per heavy atom. The number of aliphatic carboxylic acids is 2. The number of H-pyrrole nitrogens is 1. The zero-order valence-electron chi connectivity index (χ0n) is 53.5. The monoisotopic (exact) mass is 1360 g/mol. The second-order valence-electron chi connectivity index (χ2n) is 23.9. The van der Waals surface area contributed by atoms with Crippen LogP contribution in [0.1, 0.15) is 130 Å². The zero-order chi connectivity index (χ0) is 69.8. The van der Waals surface area contributed by atoms with Gasteiger partial charge in [0, 0.05) is 54.4 Å². The van der Waals surface area contributed by atoms with Crippen LogP contribution in [0.25, 0.3) is 10.9 Å². The lowest BCUT2D eigenvalue weighted by Gasteiger charge is -2.31. The van der Waals surface area contributed by atoms with Gasteiger partial charge in [0.2, 0.25) is 70.9 Å². The predicted octanol–water partition coefficient (Wildman–Crippen LogP) is -2.77. The van der Waals surface area contributed by atoms with Gasteiger partial charge < -0.3 is 96.6 Å². The standard InChI is InChI=1S/C60H94N16O16S2/c1-5-32(4)49-58(89)73-42(26-33-28-66-36-14-7-6-13-34(33)36)55(86)68-37(15-8-10-22-61)51(82)69-38(18-20-46(64)77)52(83)70-40(16-9-11-23-62)59(90)76-24-12-17-45(76)57(88)72-43(27-48(79)80)56(87)71-41(25-31(2)3)54(85)74-44(60(91)92)30-94-93-29-35(63)50(81)67-39(53(84)75-49)19-21-47(65)78/h6-7,13-14,28,31-32,35,37-45,49,66H,5,8-12,15-27,29-30,61-63H2,1-4H3,(H2,64,77)(H2,65,78)(H,67,81)(H,68,86)(H,69,82)(H,70,83)(H,71,87)(H,72,88)(H,73,89)(H,74,85)(H,75,84)(H,79,80)(H,91,92)/t32-,35-,37-,38?,39?,40-,41-,42?,43-,44?,45-,49-/m1/s1. The molecule has 1 aromatic heterocycles. The number of aromatic nitrogens is 1. The van der Waals surface area contributed by atoms with Crippen LogP contribution in [0.2, 0.25) is 0 Å². The van der Waals surface area contributed by atoms with Crippen LogP contribution >= 0.6 is 21.6 Å². The Balaban J connectivity index is 1.85. The lowest BCUT2D eigenvalue weighted by atomic mass is 9.96. The number of amides is 12. The average molecular weight is 1360 g/mol. The molecule has 2 fully saturated rings. The lowest BCUT2D eigenvalue weighted by molar-refractivity contribution is -0.144. The van der Waals surface area contributed by atoms with Gasteiger partial charge in [-0.15, -0.1) is 0 Å². The number of primary amides is 2. The number of hydrogen-bond donors (Lipinski definition) is 17. The van der Waals surface area contributed by atoms with Crippen LogP contribution in [0.3, 0.4) is 0 Å². The van der Waals surface area contributed by atoms with Crippen molar-refractivity contribution in [2.24, 2.45) is 40.5 Å². The summed E-state index contributed by atoms with van der Waals surface area (Å²) >= 11 is 0. The van der Waals surface area contributed by atoms with Gasteiger partial charge in [0.25, 0.3) is 0 Å². The van der Waals surface area contributed by atoms with E-state index in [1.54, 1.807) is 58.2 Å². The maximum Gasteiger partial charge on any atom is 0.327 e. The van der Waals surface area contributed by atoms with E-state index < -0.39 is 181 Å². The number of unbranched alkanes of at least 4 members (excludes halogenated alkanes) is 2. The fourth-order valence-electron chi connectivity index (χ4n) is 10.6. The molecule has 34 heteroatoms. The zero-order valence-corrected chi connectivity index (χ0v) is 55.1. The molecule has 2 aromatic rings. The third kappa shape index (κ3) is 25.3. The highest BCUT2D eigenvalue weighted by atomic mass is 33.1.